The number of carbonyl (C=O) groups excluding carboxylic acids is 1. The molecule has 0 saturated heterocycles. The number of ether oxygens (including phenoxy) is 1. The molecule has 1 atom stereocenters. The van der Waals surface area contributed by atoms with E-state index < -0.39 is 6.10 Å². The van der Waals surface area contributed by atoms with Gasteiger partial charge in [-0.05, 0) is 24.3 Å². The predicted molar refractivity (Wildman–Crippen MR) is 77.9 cm³/mol. The Bertz CT molecular complexity index is 426. The Morgan fingerprint density at radius 1 is 1.33 bits per heavy atom. The minimum atomic E-state index is -0.681. The van der Waals surface area contributed by atoms with Crippen molar-refractivity contribution in [2.45, 2.75) is 6.10 Å². The Balaban J connectivity index is 2.07. The highest BCUT2D eigenvalue weighted by Gasteiger charge is 2.05. The van der Waals surface area contributed by atoms with E-state index in [1.807, 2.05) is 0 Å². The highest BCUT2D eigenvalue weighted by Crippen LogP contribution is 2.10. The van der Waals surface area contributed by atoms with Crippen LogP contribution in [0.15, 0.2) is 24.3 Å². The van der Waals surface area contributed by atoms with Gasteiger partial charge in [-0.1, -0.05) is 0 Å². The zero-order chi connectivity index (χ0) is 15.7. The predicted octanol–water partition coefficient (Wildman–Crippen LogP) is 0.426. The van der Waals surface area contributed by atoms with E-state index in [9.17, 15) is 14.3 Å². The summed E-state index contributed by atoms with van der Waals surface area (Å²) in [7, 11) is 3.33. The summed E-state index contributed by atoms with van der Waals surface area (Å²) in [6, 6.07) is 5.45. The molecule has 1 unspecified atom stereocenters. The van der Waals surface area contributed by atoms with Crippen LogP contribution in [0.4, 0.5) is 9.18 Å². The molecule has 7 heteroatoms. The Morgan fingerprint density at radius 2 is 2.00 bits per heavy atom. The van der Waals surface area contributed by atoms with Crippen molar-refractivity contribution in [2.75, 3.05) is 40.3 Å². The Labute approximate surface area is 123 Å². The molecule has 118 valence electrons. The van der Waals surface area contributed by atoms with Crippen molar-refractivity contribution in [3.63, 3.8) is 0 Å². The number of aliphatic hydroxyl groups is 1. The van der Waals surface area contributed by atoms with Crippen molar-refractivity contribution in [3.8, 4) is 5.75 Å². The van der Waals surface area contributed by atoms with Crippen LogP contribution in [-0.2, 0) is 0 Å². The van der Waals surface area contributed by atoms with Gasteiger partial charge in [0.2, 0.25) is 0 Å². The van der Waals surface area contributed by atoms with Gasteiger partial charge in [0.25, 0.3) is 0 Å². The van der Waals surface area contributed by atoms with Crippen molar-refractivity contribution in [1.82, 2.24) is 15.5 Å². The van der Waals surface area contributed by atoms with Crippen LogP contribution in [-0.4, -0.2) is 62.5 Å². The first-order valence-corrected chi connectivity index (χ1v) is 6.71. The molecule has 0 fully saturated rings. The number of amides is 2. The first kappa shape index (κ1) is 17.2. The molecular formula is C14H22FN3O3. The fraction of sp³-hybridized carbons (Fsp3) is 0.500. The normalized spacial score (nSPS) is 11.8. The fourth-order valence-electron chi connectivity index (χ4n) is 1.47. The maximum atomic E-state index is 12.7. The number of urea groups is 1. The SMILES string of the molecule is CN(C)C(=O)NCCNCC(O)COc1ccc(F)cc1. The first-order chi connectivity index (χ1) is 9.99. The Morgan fingerprint density at radius 3 is 2.62 bits per heavy atom. The first-order valence-electron chi connectivity index (χ1n) is 6.71. The summed E-state index contributed by atoms with van der Waals surface area (Å²) in [6.45, 7) is 1.48. The van der Waals surface area contributed by atoms with E-state index in [1.54, 1.807) is 14.1 Å². The maximum absolute atomic E-state index is 12.7. The van der Waals surface area contributed by atoms with Gasteiger partial charge in [0, 0.05) is 33.7 Å². The van der Waals surface area contributed by atoms with Crippen LogP contribution >= 0.6 is 0 Å². The lowest BCUT2D eigenvalue weighted by atomic mass is 10.3. The molecule has 0 radical (unpaired) electrons. The van der Waals surface area contributed by atoms with Gasteiger partial charge < -0.3 is 25.4 Å². The van der Waals surface area contributed by atoms with Crippen LogP contribution in [0, 0.1) is 5.82 Å². The second-order valence-electron chi connectivity index (χ2n) is 4.75. The second kappa shape index (κ2) is 9.15. The van der Waals surface area contributed by atoms with Crippen LogP contribution in [0.25, 0.3) is 0 Å². The highest BCUT2D eigenvalue weighted by molar-refractivity contribution is 5.73. The summed E-state index contributed by atoms with van der Waals surface area (Å²) in [4.78, 5) is 12.7. The summed E-state index contributed by atoms with van der Waals surface area (Å²) in [6.07, 6.45) is -0.681. The Kier molecular flexibility index (Phi) is 7.49. The van der Waals surface area contributed by atoms with E-state index in [1.165, 1.54) is 29.2 Å². The second-order valence-corrected chi connectivity index (χ2v) is 4.75. The molecule has 1 aromatic rings. The number of hydrogen-bond donors (Lipinski definition) is 3. The zero-order valence-corrected chi connectivity index (χ0v) is 12.3. The van der Waals surface area contributed by atoms with Gasteiger partial charge in [0.1, 0.15) is 24.3 Å². The van der Waals surface area contributed by atoms with Crippen LogP contribution in [0.2, 0.25) is 0 Å². The summed E-state index contributed by atoms with van der Waals surface area (Å²) in [5, 5.41) is 15.4. The molecule has 2 amide bonds. The Hall–Kier alpha value is -1.86. The standard InChI is InChI=1S/C14H22FN3O3/c1-18(2)14(20)17-8-7-16-9-12(19)10-21-13-5-3-11(15)4-6-13/h3-6,12,16,19H,7-10H2,1-2H3,(H,17,20). The molecule has 0 aliphatic rings. The zero-order valence-electron chi connectivity index (χ0n) is 12.3. The van der Waals surface area contributed by atoms with Gasteiger partial charge in [-0.3, -0.25) is 0 Å². The number of rotatable bonds is 8. The largest absolute Gasteiger partial charge is 0.491 e. The van der Waals surface area contributed by atoms with Crippen molar-refractivity contribution in [3.05, 3.63) is 30.1 Å². The van der Waals surface area contributed by atoms with Gasteiger partial charge in [-0.15, -0.1) is 0 Å². The fourth-order valence-corrected chi connectivity index (χ4v) is 1.47. The van der Waals surface area contributed by atoms with Crippen molar-refractivity contribution in [2.24, 2.45) is 0 Å². The third-order valence-corrected chi connectivity index (χ3v) is 2.62. The summed E-state index contributed by atoms with van der Waals surface area (Å²) >= 11 is 0. The maximum Gasteiger partial charge on any atom is 0.316 e. The van der Waals surface area contributed by atoms with E-state index in [0.29, 0.717) is 25.4 Å². The lowest BCUT2D eigenvalue weighted by Gasteiger charge is -2.14. The molecule has 0 aliphatic heterocycles. The van der Waals surface area contributed by atoms with E-state index >= 15 is 0 Å². The molecule has 0 aromatic heterocycles. The monoisotopic (exact) mass is 299 g/mol. The molecule has 21 heavy (non-hydrogen) atoms. The third-order valence-electron chi connectivity index (χ3n) is 2.62. The van der Waals surface area contributed by atoms with Gasteiger partial charge in [0.15, 0.2) is 0 Å². The quantitative estimate of drug-likeness (QED) is 0.609. The smallest absolute Gasteiger partial charge is 0.316 e. The minimum absolute atomic E-state index is 0.114. The molecule has 0 spiro atoms. The molecule has 6 nitrogen and oxygen atoms in total. The van der Waals surface area contributed by atoms with Crippen molar-refractivity contribution >= 4 is 6.03 Å². The lowest BCUT2D eigenvalue weighted by molar-refractivity contribution is 0.106. The van der Waals surface area contributed by atoms with Crippen LogP contribution in [0.3, 0.4) is 0 Å². The molecule has 0 aliphatic carbocycles. The molecule has 3 N–H and O–H groups in total. The van der Waals surface area contributed by atoms with Gasteiger partial charge >= 0.3 is 6.03 Å². The number of halogens is 1. The molecule has 1 aromatic carbocycles. The number of nitrogens with zero attached hydrogens (tertiary/aromatic N) is 1. The van der Waals surface area contributed by atoms with E-state index in [4.69, 9.17) is 4.74 Å². The topological polar surface area (TPSA) is 73.8 Å². The van der Waals surface area contributed by atoms with Crippen LogP contribution in [0.1, 0.15) is 0 Å². The van der Waals surface area contributed by atoms with Gasteiger partial charge in [-0.25, -0.2) is 9.18 Å². The average molecular weight is 299 g/mol. The summed E-state index contributed by atoms with van der Waals surface area (Å²) < 4.78 is 18.0. The number of aliphatic hydroxyl groups excluding tert-OH is 1. The number of hydrogen-bond acceptors (Lipinski definition) is 4. The van der Waals surface area contributed by atoms with E-state index in [0.717, 1.165) is 0 Å². The van der Waals surface area contributed by atoms with Crippen molar-refractivity contribution in [1.29, 1.82) is 0 Å². The molecule has 1 rings (SSSR count). The third kappa shape index (κ3) is 7.48. The summed E-state index contributed by atoms with van der Waals surface area (Å²) in [5.41, 5.74) is 0. The van der Waals surface area contributed by atoms with E-state index in [-0.39, 0.29) is 18.5 Å². The van der Waals surface area contributed by atoms with Crippen LogP contribution in [0.5, 0.6) is 5.75 Å². The van der Waals surface area contributed by atoms with Gasteiger partial charge in [-0.2, -0.15) is 0 Å². The van der Waals surface area contributed by atoms with E-state index in [2.05, 4.69) is 10.6 Å². The average Bonchev–Trinajstić information content (AvgIpc) is 2.46. The molecular weight excluding hydrogens is 277 g/mol. The minimum Gasteiger partial charge on any atom is -0.491 e. The number of carbonyl (C=O) groups is 1. The molecule has 0 bridgehead atoms. The number of benzene rings is 1. The van der Waals surface area contributed by atoms with Gasteiger partial charge in [0.05, 0.1) is 0 Å². The van der Waals surface area contributed by atoms with Crippen molar-refractivity contribution < 1.29 is 19.0 Å². The molecule has 0 heterocycles. The summed E-state index contributed by atoms with van der Waals surface area (Å²) in [5.74, 6) is 0.179. The number of nitrogens with one attached hydrogen (secondary N) is 2. The molecule has 0 saturated carbocycles. The van der Waals surface area contributed by atoms with Crippen LogP contribution < -0.4 is 15.4 Å². The lowest BCUT2D eigenvalue weighted by Crippen LogP contribution is -2.40. The highest BCUT2D eigenvalue weighted by atomic mass is 19.1.